The summed E-state index contributed by atoms with van der Waals surface area (Å²) >= 11 is 0. The molecule has 0 radical (unpaired) electrons. The Morgan fingerprint density at radius 1 is 0.766 bits per heavy atom. The number of esters is 2. The van der Waals surface area contributed by atoms with Gasteiger partial charge < -0.3 is 43.8 Å². The van der Waals surface area contributed by atoms with Gasteiger partial charge in [-0.05, 0) is 172 Å². The maximum atomic E-state index is 16.3. The van der Waals surface area contributed by atoms with E-state index in [1.165, 1.54) is 45.4 Å². The van der Waals surface area contributed by atoms with Gasteiger partial charge in [0.1, 0.15) is 18.1 Å². The van der Waals surface area contributed by atoms with E-state index in [1.807, 2.05) is 0 Å². The van der Waals surface area contributed by atoms with Crippen molar-refractivity contribution in [2.45, 2.75) is 143 Å². The lowest BCUT2D eigenvalue weighted by Crippen LogP contribution is -2.64. The van der Waals surface area contributed by atoms with Crippen molar-refractivity contribution in [2.24, 2.45) is 35.0 Å². The highest BCUT2D eigenvalue weighted by molar-refractivity contribution is 5.91. The number of allylic oxidation sites excluding steroid dienone is 7. The fourth-order valence-corrected chi connectivity index (χ4v) is 20.6. The van der Waals surface area contributed by atoms with Gasteiger partial charge in [0.15, 0.2) is 17.8 Å². The molecule has 5 aromatic carbocycles. The van der Waals surface area contributed by atoms with Crippen LogP contribution in [0.15, 0.2) is 160 Å². The zero-order valence-electron chi connectivity index (χ0n) is 52.8. The van der Waals surface area contributed by atoms with Crippen LogP contribution < -0.4 is 10.4 Å². The van der Waals surface area contributed by atoms with Gasteiger partial charge in [-0.3, -0.25) is 4.79 Å². The van der Waals surface area contributed by atoms with Gasteiger partial charge in [0.2, 0.25) is 0 Å². The fourth-order valence-electron chi connectivity index (χ4n) is 20.6. The minimum atomic E-state index is -1.44. The molecular weight excluding hydrogens is 1180 g/mol. The standard InChI is InChI=1S/C82H78O12/c83-37-33-54(45-90-46-86)73-66(44-85)64-30-31-70-74(75(64)92-79(73)89)76-77-81(94-70)35-9-34-80-36-32-49-38-51(21-20-47(49)23-28-61(78(88)93-77)53(43-84)12-2-1-11-50-40-69(80)65(42-71(80)81)62-16-5-4-15-59(50)62)58-27-24-52(39-55(58)41-72(87)91-76)60-17-8-19-68-63(60)29-26-57-14-7-13-56-25-22-48-10-3-6-18-67(48)82(56,57)68/h3-6,8-10,15-22,24-27,29-31,34,38,40,52,54-58,65,69,71,76-77,83-86H,7,11-14,23,28,32-33,35-37,39,41-46H2/b61-53-/t52-,54+,55+,56+,57-,58+,65+,69-,71-,76-,77+,80-,81+,82-/m1/s1. The summed E-state index contributed by atoms with van der Waals surface area (Å²) in [5.41, 5.74) is 11.6. The highest BCUT2D eigenvalue weighted by Crippen LogP contribution is 2.70. The van der Waals surface area contributed by atoms with Crippen LogP contribution in [-0.2, 0) is 48.7 Å². The van der Waals surface area contributed by atoms with Crippen molar-refractivity contribution in [3.63, 3.8) is 0 Å². The van der Waals surface area contributed by atoms with Crippen LogP contribution in [0.4, 0.5) is 0 Å². The molecule has 14 atom stereocenters. The summed E-state index contributed by atoms with van der Waals surface area (Å²) in [4.78, 5) is 47.4. The molecule has 6 aromatic rings. The number of hydrogen-bond acceptors (Lipinski definition) is 12. The average Bonchev–Trinajstić information content (AvgIpc) is 1.34. The predicted molar refractivity (Wildman–Crippen MR) is 357 cm³/mol. The summed E-state index contributed by atoms with van der Waals surface area (Å²) < 4.78 is 34.6. The largest absolute Gasteiger partial charge is 0.482 e. The van der Waals surface area contributed by atoms with Gasteiger partial charge in [-0.2, -0.15) is 0 Å². The van der Waals surface area contributed by atoms with Crippen LogP contribution in [0.1, 0.15) is 179 Å². The molecule has 5 heterocycles. The SMILES string of the molecule is O=C1C[C@@H]2C[C@H](c3cccc4c3C=C[C@H]3CCC[C@H]5C=Cc6ccccc6[C@@]453)C=C[C@H]2c2ccc3c(c2)CC[C@]24C=CC[C@@]56Oc7ccc8c(CO)c([C@@H](CCO)COCO)c(=O)oc8c7[C@@H](O1)[C@@H]5OC(=O)/C(=C(\CO)CC#CCC1=C[C@@H]2[C@@H](C[C@H]46)c2ccccc21)CC3. The van der Waals surface area contributed by atoms with E-state index < -0.39 is 66.7 Å². The molecule has 2 fully saturated rings. The van der Waals surface area contributed by atoms with Gasteiger partial charge in [-0.25, -0.2) is 9.59 Å². The van der Waals surface area contributed by atoms with E-state index >= 15 is 9.59 Å². The predicted octanol–water partition coefficient (Wildman–Crippen LogP) is 13.4. The highest BCUT2D eigenvalue weighted by atomic mass is 16.6. The first kappa shape index (κ1) is 59.6. The van der Waals surface area contributed by atoms with Crippen molar-refractivity contribution in [1.29, 1.82) is 0 Å². The summed E-state index contributed by atoms with van der Waals surface area (Å²) in [7, 11) is 0. The second-order valence-electron chi connectivity index (χ2n) is 28.5. The van der Waals surface area contributed by atoms with Gasteiger partial charge in [-0.15, -0.1) is 0 Å². The van der Waals surface area contributed by atoms with E-state index in [0.717, 1.165) is 35.1 Å². The highest BCUT2D eigenvalue weighted by Gasteiger charge is 2.69. The minimum absolute atomic E-state index is 0.000439. The molecule has 2 saturated carbocycles. The van der Waals surface area contributed by atoms with Crippen LogP contribution in [0.2, 0.25) is 0 Å². The number of rotatable bonds is 9. The third kappa shape index (κ3) is 9.00. The molecule has 478 valence electrons. The van der Waals surface area contributed by atoms with Gasteiger partial charge in [0.25, 0.3) is 0 Å². The molecule has 10 bridgehead atoms. The molecular formula is C82H78O12. The monoisotopic (exact) mass is 1250 g/mol. The first-order chi connectivity index (χ1) is 46.1. The topological polar surface area (TPSA) is 182 Å². The summed E-state index contributed by atoms with van der Waals surface area (Å²) in [6, 6.07) is 35.0. The quantitative estimate of drug-likeness (QED) is 0.0354. The molecule has 7 aliphatic carbocycles. The molecule has 94 heavy (non-hydrogen) atoms. The second-order valence-corrected chi connectivity index (χ2v) is 28.5. The molecule has 0 saturated heterocycles. The Kier molecular flexibility index (Phi) is 14.8. The number of fused-ring (bicyclic) bond motifs is 15. The van der Waals surface area contributed by atoms with Gasteiger partial charge >= 0.3 is 17.6 Å². The van der Waals surface area contributed by atoms with E-state index in [4.69, 9.17) is 23.4 Å². The lowest BCUT2D eigenvalue weighted by atomic mass is 9.49. The molecule has 0 unspecified atom stereocenters. The molecule has 1 aromatic heterocycles. The lowest BCUT2D eigenvalue weighted by molar-refractivity contribution is -0.210. The smallest absolute Gasteiger partial charge is 0.340 e. The third-order valence-electron chi connectivity index (χ3n) is 24.5. The van der Waals surface area contributed by atoms with Crippen LogP contribution in [0.25, 0.3) is 28.7 Å². The number of carbonyl (C=O) groups is 2. The maximum Gasteiger partial charge on any atom is 0.340 e. The number of aliphatic hydroxyl groups is 4. The summed E-state index contributed by atoms with van der Waals surface area (Å²) in [5.74, 6) is 4.91. The van der Waals surface area contributed by atoms with Crippen LogP contribution in [-0.4, -0.2) is 70.7 Å². The minimum Gasteiger partial charge on any atom is -0.482 e. The lowest BCUT2D eigenvalue weighted by Gasteiger charge is -2.56. The Bertz CT molecular complexity index is 4470. The van der Waals surface area contributed by atoms with Crippen molar-refractivity contribution >= 4 is 40.6 Å². The van der Waals surface area contributed by atoms with Gasteiger partial charge in [0.05, 0.1) is 25.4 Å². The molecule has 12 nitrogen and oxygen atoms in total. The van der Waals surface area contributed by atoms with Crippen molar-refractivity contribution in [3.8, 4) is 17.6 Å². The molecule has 4 N–H and O–H groups in total. The zero-order valence-corrected chi connectivity index (χ0v) is 52.8. The molecule has 2 spiro atoms. The number of aliphatic hydroxyl groups excluding tert-OH is 4. The van der Waals surface area contributed by atoms with Gasteiger partial charge in [0, 0.05) is 83.3 Å². The van der Waals surface area contributed by atoms with Crippen LogP contribution >= 0.6 is 0 Å². The van der Waals surface area contributed by atoms with E-state index in [1.54, 1.807) is 12.1 Å². The molecule has 11 aliphatic rings. The first-order valence-corrected chi connectivity index (χ1v) is 34.4. The van der Waals surface area contributed by atoms with E-state index in [2.05, 4.69) is 151 Å². The Morgan fingerprint density at radius 2 is 1.60 bits per heavy atom. The van der Waals surface area contributed by atoms with E-state index in [0.29, 0.717) is 72.6 Å². The normalized spacial score (nSPS) is 32.2. The average molecular weight is 1260 g/mol. The van der Waals surface area contributed by atoms with E-state index in [9.17, 15) is 25.2 Å². The maximum absolute atomic E-state index is 16.3. The Morgan fingerprint density at radius 3 is 2.46 bits per heavy atom. The Hall–Kier alpha value is -8.15. The van der Waals surface area contributed by atoms with E-state index in [-0.39, 0.29) is 109 Å². The number of ether oxygens (including phenoxy) is 4. The number of aryl methyl sites for hydroxylation is 2. The van der Waals surface area contributed by atoms with Crippen molar-refractivity contribution in [3.05, 3.63) is 233 Å². The molecule has 12 heteroatoms. The Balaban J connectivity index is 0.888. The van der Waals surface area contributed by atoms with Gasteiger partial charge in [-0.1, -0.05) is 158 Å². The van der Waals surface area contributed by atoms with Crippen LogP contribution in [0.5, 0.6) is 5.75 Å². The van der Waals surface area contributed by atoms with Crippen LogP contribution in [0, 0.1) is 46.8 Å². The van der Waals surface area contributed by atoms with Crippen molar-refractivity contribution in [1.82, 2.24) is 0 Å². The fraction of sp³-hybridized carbons (Fsp3) is 0.402. The summed E-state index contributed by atoms with van der Waals surface area (Å²) in [5, 5.41) is 43.4. The van der Waals surface area contributed by atoms with Crippen molar-refractivity contribution in [2.75, 3.05) is 26.6 Å². The summed E-state index contributed by atoms with van der Waals surface area (Å²) in [6.07, 6.45) is 26.4. The zero-order chi connectivity index (χ0) is 63.6. The number of benzene rings is 5. The van der Waals surface area contributed by atoms with Crippen LogP contribution in [0.3, 0.4) is 0 Å². The molecule has 17 rings (SSSR count). The molecule has 0 amide bonds. The first-order valence-electron chi connectivity index (χ1n) is 34.4. The molecule has 4 aliphatic heterocycles. The summed E-state index contributed by atoms with van der Waals surface area (Å²) in [6.45, 7) is -2.16. The second kappa shape index (κ2) is 23.3. The Labute approximate surface area is 547 Å². The van der Waals surface area contributed by atoms with Crippen molar-refractivity contribution < 1.29 is 53.4 Å². The number of carbonyl (C=O) groups excluding carboxylic acids is 2. The number of hydrogen-bond donors (Lipinski definition) is 4. The third-order valence-corrected chi connectivity index (χ3v) is 24.5.